The monoisotopic (exact) mass is 225 g/mol. The lowest BCUT2D eigenvalue weighted by Crippen LogP contribution is -2.19. The quantitative estimate of drug-likeness (QED) is 0.575. The van der Waals surface area contributed by atoms with Crippen molar-refractivity contribution in [2.24, 2.45) is 5.92 Å². The SMILES string of the molecule is O=S(=O)(Cl)NCCCC1CCCC1. The van der Waals surface area contributed by atoms with Crippen LogP contribution in [0.2, 0.25) is 0 Å². The molecule has 0 aliphatic heterocycles. The van der Waals surface area contributed by atoms with Gasteiger partial charge in [0, 0.05) is 17.2 Å². The Hall–Kier alpha value is 0.200. The number of hydrogen-bond donors (Lipinski definition) is 1. The van der Waals surface area contributed by atoms with Gasteiger partial charge in [0.2, 0.25) is 0 Å². The van der Waals surface area contributed by atoms with Crippen molar-refractivity contribution in [2.75, 3.05) is 6.54 Å². The van der Waals surface area contributed by atoms with Crippen molar-refractivity contribution >= 4 is 19.9 Å². The summed E-state index contributed by atoms with van der Waals surface area (Å²) in [6, 6.07) is 0. The molecule has 0 bridgehead atoms. The minimum Gasteiger partial charge on any atom is -0.202 e. The first-order valence-electron chi connectivity index (χ1n) is 4.77. The fourth-order valence-electron chi connectivity index (χ4n) is 1.88. The molecule has 1 rings (SSSR count). The Morgan fingerprint density at radius 3 is 2.46 bits per heavy atom. The van der Waals surface area contributed by atoms with E-state index in [-0.39, 0.29) is 0 Å². The zero-order chi connectivity index (χ0) is 9.73. The van der Waals surface area contributed by atoms with Crippen molar-refractivity contribution in [2.45, 2.75) is 38.5 Å². The van der Waals surface area contributed by atoms with Crippen LogP contribution in [0.4, 0.5) is 0 Å². The van der Waals surface area contributed by atoms with Gasteiger partial charge in [-0.2, -0.15) is 8.42 Å². The zero-order valence-electron chi connectivity index (χ0n) is 7.63. The summed E-state index contributed by atoms with van der Waals surface area (Å²) >= 11 is 0. The van der Waals surface area contributed by atoms with Gasteiger partial charge in [0.25, 0.3) is 9.24 Å². The molecule has 1 aliphatic carbocycles. The number of hydrogen-bond acceptors (Lipinski definition) is 2. The second-order valence-corrected chi connectivity index (χ2v) is 6.01. The van der Waals surface area contributed by atoms with Gasteiger partial charge >= 0.3 is 0 Å². The number of nitrogens with one attached hydrogen (secondary N) is 1. The number of halogens is 1. The maximum Gasteiger partial charge on any atom is 0.297 e. The van der Waals surface area contributed by atoms with E-state index in [9.17, 15) is 8.42 Å². The third-order valence-electron chi connectivity index (χ3n) is 2.54. The van der Waals surface area contributed by atoms with E-state index in [2.05, 4.69) is 4.72 Å². The van der Waals surface area contributed by atoms with Crippen LogP contribution in [0.5, 0.6) is 0 Å². The van der Waals surface area contributed by atoms with Gasteiger partial charge in [-0.1, -0.05) is 25.7 Å². The predicted octanol–water partition coefficient (Wildman–Crippen LogP) is 2.03. The Bertz CT molecular complexity index is 235. The van der Waals surface area contributed by atoms with E-state index in [1.807, 2.05) is 0 Å². The molecule has 0 spiro atoms. The largest absolute Gasteiger partial charge is 0.297 e. The molecule has 5 heteroatoms. The summed E-state index contributed by atoms with van der Waals surface area (Å²) in [5, 5.41) is 0. The first-order valence-corrected chi connectivity index (χ1v) is 7.08. The second kappa shape index (κ2) is 5.17. The van der Waals surface area contributed by atoms with Crippen LogP contribution in [0.1, 0.15) is 38.5 Å². The van der Waals surface area contributed by atoms with Crippen molar-refractivity contribution in [1.29, 1.82) is 0 Å². The van der Waals surface area contributed by atoms with E-state index in [0.717, 1.165) is 18.8 Å². The van der Waals surface area contributed by atoms with Crippen molar-refractivity contribution in [1.82, 2.24) is 4.72 Å². The Kier molecular flexibility index (Phi) is 4.49. The highest BCUT2D eigenvalue weighted by molar-refractivity contribution is 8.12. The summed E-state index contributed by atoms with van der Waals surface area (Å²) in [6.07, 6.45) is 7.33. The Balaban J connectivity index is 2.01. The molecule has 0 atom stereocenters. The van der Waals surface area contributed by atoms with Crippen LogP contribution < -0.4 is 4.72 Å². The molecule has 0 amide bonds. The molecular formula is C8H16ClNO2S. The minimum atomic E-state index is -3.50. The number of rotatable bonds is 5. The second-order valence-electron chi connectivity index (χ2n) is 3.62. The highest BCUT2D eigenvalue weighted by Crippen LogP contribution is 2.28. The molecule has 0 saturated heterocycles. The van der Waals surface area contributed by atoms with Gasteiger partial charge in [-0.15, -0.1) is 0 Å². The van der Waals surface area contributed by atoms with E-state index in [4.69, 9.17) is 10.7 Å². The average molecular weight is 226 g/mol. The third-order valence-corrected chi connectivity index (χ3v) is 3.41. The van der Waals surface area contributed by atoms with E-state index >= 15 is 0 Å². The Morgan fingerprint density at radius 2 is 1.92 bits per heavy atom. The standard InChI is InChI=1S/C8H16ClNO2S/c9-13(11,12)10-7-3-6-8-4-1-2-5-8/h8,10H,1-7H2. The normalized spacial score (nSPS) is 19.5. The van der Waals surface area contributed by atoms with Crippen LogP contribution in [-0.2, 0) is 9.24 Å². The molecule has 13 heavy (non-hydrogen) atoms. The van der Waals surface area contributed by atoms with Gasteiger partial charge in [-0.3, -0.25) is 0 Å². The van der Waals surface area contributed by atoms with Crippen molar-refractivity contribution < 1.29 is 8.42 Å². The lowest BCUT2D eigenvalue weighted by atomic mass is 10.0. The van der Waals surface area contributed by atoms with Crippen LogP contribution in [0.3, 0.4) is 0 Å². The molecule has 0 aromatic carbocycles. The first kappa shape index (κ1) is 11.3. The highest BCUT2D eigenvalue weighted by Gasteiger charge is 2.14. The summed E-state index contributed by atoms with van der Waals surface area (Å²) < 4.78 is 23.2. The predicted molar refractivity (Wildman–Crippen MR) is 54.0 cm³/mol. The molecule has 1 saturated carbocycles. The molecular weight excluding hydrogens is 210 g/mol. The summed E-state index contributed by atoms with van der Waals surface area (Å²) in [7, 11) is 1.49. The fraction of sp³-hybridized carbons (Fsp3) is 1.00. The summed E-state index contributed by atoms with van der Waals surface area (Å²) in [4.78, 5) is 0. The zero-order valence-corrected chi connectivity index (χ0v) is 9.20. The summed E-state index contributed by atoms with van der Waals surface area (Å²) in [5.74, 6) is 0.819. The molecule has 0 aromatic rings. The van der Waals surface area contributed by atoms with Gasteiger partial charge in [-0.05, 0) is 18.8 Å². The van der Waals surface area contributed by atoms with Crippen molar-refractivity contribution in [3.63, 3.8) is 0 Å². The van der Waals surface area contributed by atoms with Crippen LogP contribution >= 0.6 is 10.7 Å². The van der Waals surface area contributed by atoms with Crippen LogP contribution in [-0.4, -0.2) is 15.0 Å². The van der Waals surface area contributed by atoms with Crippen molar-refractivity contribution in [3.05, 3.63) is 0 Å². The van der Waals surface area contributed by atoms with E-state index < -0.39 is 9.24 Å². The molecule has 1 N–H and O–H groups in total. The maximum atomic E-state index is 10.5. The summed E-state index contributed by atoms with van der Waals surface area (Å²) in [5.41, 5.74) is 0. The molecule has 0 radical (unpaired) electrons. The molecule has 3 nitrogen and oxygen atoms in total. The van der Waals surface area contributed by atoms with E-state index in [0.29, 0.717) is 6.54 Å². The van der Waals surface area contributed by atoms with Crippen LogP contribution in [0.25, 0.3) is 0 Å². The third kappa shape index (κ3) is 5.49. The van der Waals surface area contributed by atoms with Crippen molar-refractivity contribution in [3.8, 4) is 0 Å². The minimum absolute atomic E-state index is 0.475. The van der Waals surface area contributed by atoms with Gasteiger partial charge in [0.1, 0.15) is 0 Å². The Labute approximate surface area is 84.4 Å². The smallest absolute Gasteiger partial charge is 0.202 e. The highest BCUT2D eigenvalue weighted by atomic mass is 35.7. The molecule has 1 fully saturated rings. The summed E-state index contributed by atoms with van der Waals surface area (Å²) in [6.45, 7) is 0.475. The average Bonchev–Trinajstić information content (AvgIpc) is 2.48. The van der Waals surface area contributed by atoms with Gasteiger partial charge in [0.15, 0.2) is 0 Å². The first-order chi connectivity index (χ1) is 6.08. The molecule has 0 aromatic heterocycles. The maximum absolute atomic E-state index is 10.5. The lowest BCUT2D eigenvalue weighted by molar-refractivity contribution is 0.481. The van der Waals surface area contributed by atoms with Crippen LogP contribution in [0, 0.1) is 5.92 Å². The van der Waals surface area contributed by atoms with E-state index in [1.165, 1.54) is 25.7 Å². The Morgan fingerprint density at radius 1 is 1.31 bits per heavy atom. The fourth-order valence-corrected chi connectivity index (χ4v) is 2.50. The molecule has 0 unspecified atom stereocenters. The van der Waals surface area contributed by atoms with E-state index in [1.54, 1.807) is 0 Å². The van der Waals surface area contributed by atoms with Gasteiger partial charge < -0.3 is 0 Å². The molecule has 78 valence electrons. The molecule has 0 heterocycles. The topological polar surface area (TPSA) is 46.2 Å². The van der Waals surface area contributed by atoms with Gasteiger partial charge in [0.05, 0.1) is 0 Å². The molecule has 1 aliphatic rings. The lowest BCUT2D eigenvalue weighted by Gasteiger charge is -2.07. The van der Waals surface area contributed by atoms with Gasteiger partial charge in [-0.25, -0.2) is 4.72 Å². The van der Waals surface area contributed by atoms with Crippen LogP contribution in [0.15, 0.2) is 0 Å².